The Morgan fingerprint density at radius 1 is 0.687 bits per heavy atom. The molecule has 0 bridgehead atoms. The van der Waals surface area contributed by atoms with Crippen molar-refractivity contribution >= 4 is 95.7 Å². The van der Waals surface area contributed by atoms with Gasteiger partial charge in [-0.25, -0.2) is 32.3 Å². The summed E-state index contributed by atoms with van der Waals surface area (Å²) >= 11 is 0. The molecule has 0 radical (unpaired) electrons. The topological polar surface area (TPSA) is 407 Å². The molecule has 630 valence electrons. The van der Waals surface area contributed by atoms with Gasteiger partial charge in [0.1, 0.15) is 76.5 Å². The van der Waals surface area contributed by atoms with Crippen LogP contribution in [0.1, 0.15) is 200 Å². The summed E-state index contributed by atoms with van der Waals surface area (Å²) in [6.07, 6.45) is 5.43. The molecule has 5 aromatic rings. The summed E-state index contributed by atoms with van der Waals surface area (Å²) in [4.78, 5) is 127. The Hall–Kier alpha value is -8.80. The van der Waals surface area contributed by atoms with Gasteiger partial charge >= 0.3 is 32.7 Å². The van der Waals surface area contributed by atoms with E-state index in [1.165, 1.54) is 14.6 Å². The van der Waals surface area contributed by atoms with Crippen LogP contribution in [0.4, 0.5) is 10.6 Å². The van der Waals surface area contributed by atoms with Gasteiger partial charge in [-0.1, -0.05) is 85.2 Å². The number of aromatic nitrogens is 6. The van der Waals surface area contributed by atoms with Crippen LogP contribution in [0.25, 0.3) is 27.8 Å². The first kappa shape index (κ1) is 85.6. The van der Waals surface area contributed by atoms with Crippen molar-refractivity contribution < 1.29 is 92.1 Å². The van der Waals surface area contributed by atoms with Crippen LogP contribution >= 0.6 is 0 Å². The number of alkyl carbamates (subject to hydrolysis) is 1. The number of carbonyl (C=O) groups is 8. The Morgan fingerprint density at radius 2 is 1.32 bits per heavy atom. The number of amides is 6. The van der Waals surface area contributed by atoms with E-state index in [0.717, 1.165) is 19.3 Å². The summed E-state index contributed by atoms with van der Waals surface area (Å²) in [5, 5.41) is 22.5. The van der Waals surface area contributed by atoms with Crippen LogP contribution in [0.15, 0.2) is 60.8 Å². The van der Waals surface area contributed by atoms with Gasteiger partial charge in [-0.15, -0.1) is 10.2 Å². The van der Waals surface area contributed by atoms with Crippen molar-refractivity contribution in [2.24, 2.45) is 45.8 Å². The lowest BCUT2D eigenvalue weighted by Gasteiger charge is -2.35. The van der Waals surface area contributed by atoms with E-state index < -0.39 is 143 Å². The molecule has 6 amide bonds. The first-order valence-electron chi connectivity index (χ1n) is 40.1. The van der Waals surface area contributed by atoms with E-state index in [4.69, 9.17) is 41.9 Å². The predicted octanol–water partition coefficient (Wildman–Crippen LogP) is 8.30. The van der Waals surface area contributed by atoms with Crippen molar-refractivity contribution in [1.29, 1.82) is 0 Å². The molecule has 5 heterocycles. The maximum atomic E-state index is 15.0. The van der Waals surface area contributed by atoms with Crippen molar-refractivity contribution in [3.63, 3.8) is 0 Å². The van der Waals surface area contributed by atoms with E-state index in [-0.39, 0.29) is 69.2 Å². The third kappa shape index (κ3) is 20.6. The first-order chi connectivity index (χ1) is 53.8. The number of para-hydroxylation sites is 1. The standard InChI is InChI=1S/C46H64N8O11S.C34H49N5O9S/c1-9-29-24-46(29,42(57)52-66(59,60)65-45(7)13-14-45)50-40(55)35-22-32(25-53(35)41(56)39(44(4,5)6)49-43(58)64-31-19-27-18-28(27)20-31)63-36-23-38(54-15-12-37(51-54)47-26(2)3)48-34-21-30(10-11-33(34)36)62-17-16-61-8;1-9-21-18-34(21,30(43)36-49(44,45)48-33(8)14-15-33)19-27(40)26-16-22(47-39-25-13-11-10-12-24(25)35-37-39)20-38(26)29(42)23(31(2,3)4)17-28(41)46-32(5,6)7/h10-12,15,21,23,26-29,31-32,35,39H,9,13-14,16-20,22,24-25H2,1-8H3,(H,47,51)(H,49,58)(H,50,55)(H,52,57);10-13,21-23,26H,9,14-20H2,1-8H3,(H,36,43)/t27-,28+,29-,31?,32-,35+,39-,46-;21-,22-,23-,26+,34-/m11/s1. The number of anilines is 1. The largest absolute Gasteiger partial charge is 0.491 e. The van der Waals surface area contributed by atoms with Crippen molar-refractivity contribution in [3.8, 4) is 17.3 Å². The van der Waals surface area contributed by atoms with Gasteiger partial charge in [-0.2, -0.15) is 16.8 Å². The monoisotopic (exact) mass is 1640 g/mol. The highest BCUT2D eigenvalue weighted by Crippen LogP contribution is 2.58. The van der Waals surface area contributed by atoms with Crippen LogP contribution in [-0.2, 0) is 76.7 Å². The zero-order valence-corrected chi connectivity index (χ0v) is 70.3. The average molecular weight is 1640 g/mol. The normalized spacial score (nSPS) is 26.1. The number of pyridine rings is 1. The van der Waals surface area contributed by atoms with E-state index in [2.05, 4.69) is 36.1 Å². The number of nitrogens with zero attached hydrogens (tertiary/aromatic N) is 8. The van der Waals surface area contributed by atoms with Crippen LogP contribution in [-0.4, -0.2) is 202 Å². The number of esters is 1. The number of hydrogen-bond donors (Lipinski definition) is 5. The minimum Gasteiger partial charge on any atom is -0.491 e. The van der Waals surface area contributed by atoms with Crippen LogP contribution in [0.2, 0.25) is 0 Å². The second-order valence-corrected chi connectivity index (χ2v) is 39.0. The molecule has 1 unspecified atom stereocenters. The number of likely N-dealkylation sites (tertiary alicyclic amines) is 2. The lowest BCUT2D eigenvalue weighted by atomic mass is 9.77. The third-order valence-corrected chi connectivity index (χ3v) is 25.3. The lowest BCUT2D eigenvalue weighted by Crippen LogP contribution is -2.60. The van der Waals surface area contributed by atoms with Gasteiger partial charge < -0.3 is 54.3 Å². The van der Waals surface area contributed by atoms with Crippen molar-refractivity contribution in [2.75, 3.05) is 38.7 Å². The Labute approximate surface area is 671 Å². The average Bonchev–Trinajstić information content (AvgIpc) is 1.58. The number of carbonyl (C=O) groups excluding carboxylic acids is 8. The highest BCUT2D eigenvalue weighted by atomic mass is 32.2. The molecule has 13 atom stereocenters. The fourth-order valence-corrected chi connectivity index (χ4v) is 18.3. The fraction of sp³-hybridized carbons (Fsp3) is 0.675. The fourth-order valence-electron chi connectivity index (χ4n) is 16.0. The summed E-state index contributed by atoms with van der Waals surface area (Å²) in [5.41, 5.74) is -5.07. The smallest absolute Gasteiger partial charge is 0.408 e. The Balaban J connectivity index is 0.000000222. The minimum atomic E-state index is -4.49. The summed E-state index contributed by atoms with van der Waals surface area (Å²) in [5.74, 6) is -2.53. The van der Waals surface area contributed by atoms with Crippen molar-refractivity contribution in [3.05, 3.63) is 60.8 Å². The molecule has 2 aliphatic heterocycles. The molecule has 2 saturated heterocycles. The zero-order valence-electron chi connectivity index (χ0n) is 68.7. The second kappa shape index (κ2) is 32.6. The van der Waals surface area contributed by atoms with E-state index in [1.54, 1.807) is 82.9 Å². The molecule has 2 aromatic carbocycles. The lowest BCUT2D eigenvalue weighted by molar-refractivity contribution is -0.161. The van der Waals surface area contributed by atoms with Gasteiger partial charge in [0, 0.05) is 62.2 Å². The highest BCUT2D eigenvalue weighted by Gasteiger charge is 2.64. The summed E-state index contributed by atoms with van der Waals surface area (Å²) in [6, 6.07) is 13.0. The quantitative estimate of drug-likeness (QED) is 0.0199. The summed E-state index contributed by atoms with van der Waals surface area (Å²) in [6.45, 7) is 27.9. The molecule has 8 aliphatic rings. The van der Waals surface area contributed by atoms with Gasteiger partial charge in [0.15, 0.2) is 11.6 Å². The number of ether oxygens (including phenoxy) is 5. The number of ketones is 1. The van der Waals surface area contributed by atoms with E-state index >= 15 is 0 Å². The van der Waals surface area contributed by atoms with Gasteiger partial charge in [0.25, 0.3) is 5.91 Å². The first-order valence-corrected chi connectivity index (χ1v) is 42.9. The number of hydrogen-bond acceptors (Lipinski definition) is 25. The number of nitrogens with one attached hydrogen (secondary N) is 5. The van der Waals surface area contributed by atoms with E-state index in [1.807, 2.05) is 98.2 Å². The molecular weight excluding hydrogens is 1530 g/mol. The molecule has 13 rings (SSSR count). The molecule has 3 aromatic heterocycles. The van der Waals surface area contributed by atoms with Gasteiger partial charge in [0.05, 0.1) is 60.2 Å². The summed E-state index contributed by atoms with van der Waals surface area (Å²) < 4.78 is 96.8. The third-order valence-electron chi connectivity index (χ3n) is 23.1. The van der Waals surface area contributed by atoms with Crippen LogP contribution in [0.5, 0.6) is 11.5 Å². The summed E-state index contributed by atoms with van der Waals surface area (Å²) in [7, 11) is -7.29. The van der Waals surface area contributed by atoms with Gasteiger partial charge in [-0.3, -0.25) is 33.6 Å². The Morgan fingerprint density at radius 3 is 1.92 bits per heavy atom. The maximum absolute atomic E-state index is 15.0. The highest BCUT2D eigenvalue weighted by molar-refractivity contribution is 7.85. The minimum absolute atomic E-state index is 0.0143. The molecule has 0 spiro atoms. The molecule has 6 saturated carbocycles. The molecule has 6 aliphatic carbocycles. The maximum Gasteiger partial charge on any atom is 0.408 e. The van der Waals surface area contributed by atoms with Crippen molar-refractivity contribution in [2.45, 2.75) is 265 Å². The number of rotatable bonds is 32. The molecule has 5 N–H and O–H groups in total. The van der Waals surface area contributed by atoms with Crippen molar-refractivity contribution in [1.82, 2.24) is 59.8 Å². The van der Waals surface area contributed by atoms with Crippen LogP contribution in [0, 0.1) is 45.8 Å². The van der Waals surface area contributed by atoms with E-state index in [0.29, 0.717) is 115 Å². The van der Waals surface area contributed by atoms with E-state index in [9.17, 15) is 55.2 Å². The SMILES string of the molecule is CC[C@@H]1C[C@]1(CC(=O)[C@@H]1C[C@@H](On2nnc3ccccc32)CN1C(=O)[C@@H](CC(=O)OC(C)(C)C)C(C)(C)C)C(=O)NS(=O)(=O)OC1(C)CC1.CC[C@@H]1C[C@]1(NC(=O)[C@@H]1C[C@@H](Oc2cc(-n3ccc(NC(C)C)n3)nc3cc(OCCOC)ccc23)CN1C(=O)[C@@H](NC(=O)OC1C[C@@H]2C[C@@H]2C1)C(C)(C)C)C(=O)NS(=O)(=O)OC1(C)CC1. The number of methoxy groups -OCH3 is 1. The molecule has 35 heteroatoms. The number of benzene rings is 2. The second-order valence-electron chi connectivity index (χ2n) is 36.5. The molecular formula is C80H113N13O20S2. The van der Waals surface area contributed by atoms with Crippen LogP contribution < -0.4 is 39.7 Å². The van der Waals surface area contributed by atoms with Gasteiger partial charge in [-0.05, 0) is 170 Å². The molecule has 115 heavy (non-hydrogen) atoms. The number of fused-ring (bicyclic) bond motifs is 3. The molecule has 33 nitrogen and oxygen atoms in total. The Bertz CT molecular complexity index is 4740. The van der Waals surface area contributed by atoms with Gasteiger partial charge in [0.2, 0.25) is 23.6 Å². The Kier molecular flexibility index (Phi) is 24.3. The molecule has 8 fully saturated rings. The number of Topliss-reactive ketones (excluding diaryl/α,β-unsaturated/α-hetero) is 1. The predicted molar refractivity (Wildman–Crippen MR) is 420 cm³/mol. The zero-order chi connectivity index (χ0) is 83.5. The van der Waals surface area contributed by atoms with Crippen LogP contribution in [0.3, 0.4) is 0 Å².